The van der Waals surface area contributed by atoms with Crippen LogP contribution in [0.3, 0.4) is 0 Å². The van der Waals surface area contributed by atoms with Crippen LogP contribution < -0.4 is 9.47 Å². The lowest BCUT2D eigenvalue weighted by molar-refractivity contribution is 0.103. The zero-order valence-corrected chi connectivity index (χ0v) is 19.3. The van der Waals surface area contributed by atoms with Crippen molar-refractivity contribution >= 4 is 15.3 Å². The summed E-state index contributed by atoms with van der Waals surface area (Å²) in [6.45, 7) is 3.14. The Bertz CT molecular complexity index is 1140. The first-order chi connectivity index (χ1) is 15.8. The van der Waals surface area contributed by atoms with Gasteiger partial charge in [-0.3, -0.25) is 0 Å². The first-order valence-corrected chi connectivity index (χ1v) is 11.2. The van der Waals surface area contributed by atoms with E-state index in [0.717, 1.165) is 17.5 Å². The second-order valence-corrected chi connectivity index (χ2v) is 8.43. The van der Waals surface area contributed by atoms with Crippen LogP contribution in [0.25, 0.3) is 11.1 Å². The van der Waals surface area contributed by atoms with Gasteiger partial charge in [-0.05, 0) is 36.2 Å². The van der Waals surface area contributed by atoms with Crippen LogP contribution in [0.1, 0.15) is 30.3 Å². The number of alkyl halides is 2. The predicted molar refractivity (Wildman–Crippen MR) is 123 cm³/mol. The van der Waals surface area contributed by atoms with Crippen LogP contribution in [0.4, 0.5) is 13.6 Å². The van der Waals surface area contributed by atoms with E-state index in [-0.39, 0.29) is 5.56 Å². The molecule has 0 bridgehead atoms. The molecule has 1 atom stereocenters. The highest BCUT2D eigenvalue weighted by Gasteiger charge is 2.27. The summed E-state index contributed by atoms with van der Waals surface area (Å²) in [6.07, 6.45) is 4.15. The summed E-state index contributed by atoms with van der Waals surface area (Å²) in [5.41, 5.74) is -0.866. The first-order valence-electron chi connectivity index (χ1n) is 10.6. The minimum Gasteiger partial charge on any atom is -0.493 e. The monoisotopic (exact) mass is 471 g/mol. The third kappa shape index (κ3) is 5.45. The van der Waals surface area contributed by atoms with Gasteiger partial charge in [0.2, 0.25) is 0 Å². The third-order valence-electron chi connectivity index (χ3n) is 5.24. The summed E-state index contributed by atoms with van der Waals surface area (Å²) >= 11 is 0. The van der Waals surface area contributed by atoms with E-state index in [2.05, 4.69) is 9.97 Å². The molecule has 1 aromatic heterocycles. The van der Waals surface area contributed by atoms with Crippen LogP contribution in [0.2, 0.25) is 0 Å². The van der Waals surface area contributed by atoms with Gasteiger partial charge in [0.25, 0.3) is 5.66 Å². The fraction of sp³-hybridized carbons (Fsp3) is 0.292. The molecule has 172 valence electrons. The smallest absolute Gasteiger partial charge is 0.415 e. The molecule has 9 heteroatoms. The Morgan fingerprint density at radius 3 is 2.70 bits per heavy atom. The van der Waals surface area contributed by atoms with Gasteiger partial charge in [0.05, 0.1) is 13.2 Å². The van der Waals surface area contributed by atoms with Crippen molar-refractivity contribution in [2.45, 2.75) is 32.0 Å². The standard InChI is InChI=1S/C24H24F2N3O3P/c1-2-12-31-21-14-18(24(25,26)33)5-6-19(21)16-4-7-20-17(13-16)15-29(23(30)32-20)11-8-22-27-9-3-10-28-22/h3-7,9-10,13-14H,2,8,11-12,15,33H2,1H3. The molecule has 3 aromatic rings. The second-order valence-electron chi connectivity index (χ2n) is 7.71. The Morgan fingerprint density at radius 2 is 1.97 bits per heavy atom. The third-order valence-corrected chi connectivity index (χ3v) is 5.57. The van der Waals surface area contributed by atoms with Gasteiger partial charge < -0.3 is 14.4 Å². The summed E-state index contributed by atoms with van der Waals surface area (Å²) in [5.74, 6) is 1.52. The molecule has 0 spiro atoms. The molecule has 0 radical (unpaired) electrons. The van der Waals surface area contributed by atoms with E-state index in [9.17, 15) is 13.6 Å². The Morgan fingerprint density at radius 1 is 1.18 bits per heavy atom. The van der Waals surface area contributed by atoms with Gasteiger partial charge in [0.1, 0.15) is 17.3 Å². The zero-order valence-electron chi connectivity index (χ0n) is 18.1. The number of halogens is 2. The average molecular weight is 471 g/mol. The number of aromatic nitrogens is 2. The fourth-order valence-corrected chi connectivity index (χ4v) is 3.74. The number of carbonyl (C=O) groups excluding carboxylic acids is 1. The first kappa shape index (κ1) is 23.1. The number of rotatable bonds is 8. The van der Waals surface area contributed by atoms with Gasteiger partial charge >= 0.3 is 6.09 Å². The van der Waals surface area contributed by atoms with Crippen molar-refractivity contribution in [3.05, 3.63) is 71.8 Å². The topological polar surface area (TPSA) is 64.5 Å². The average Bonchev–Trinajstić information content (AvgIpc) is 2.81. The summed E-state index contributed by atoms with van der Waals surface area (Å²) in [4.78, 5) is 22.4. The van der Waals surface area contributed by atoms with Crippen LogP contribution in [0, 0.1) is 0 Å². The van der Waals surface area contributed by atoms with Crippen molar-refractivity contribution in [1.29, 1.82) is 0 Å². The molecule has 1 aliphatic rings. The molecule has 2 heterocycles. The van der Waals surface area contributed by atoms with Gasteiger partial charge in [-0.25, -0.2) is 14.8 Å². The quantitative estimate of drug-likeness (QED) is 0.411. The largest absolute Gasteiger partial charge is 0.493 e. The Kier molecular flexibility index (Phi) is 6.84. The van der Waals surface area contributed by atoms with Crippen molar-refractivity contribution in [2.24, 2.45) is 0 Å². The highest BCUT2D eigenvalue weighted by Crippen LogP contribution is 2.41. The number of benzene rings is 2. The lowest BCUT2D eigenvalue weighted by Crippen LogP contribution is -2.38. The lowest BCUT2D eigenvalue weighted by atomic mass is 9.99. The number of fused-ring (bicyclic) bond motifs is 1. The van der Waals surface area contributed by atoms with E-state index in [1.165, 1.54) is 12.1 Å². The number of amides is 1. The zero-order chi connectivity index (χ0) is 23.4. The molecular weight excluding hydrogens is 447 g/mol. The van der Waals surface area contributed by atoms with Crippen LogP contribution >= 0.6 is 9.24 Å². The molecular formula is C24H24F2N3O3P. The highest BCUT2D eigenvalue weighted by molar-refractivity contribution is 7.17. The maximum absolute atomic E-state index is 13.8. The van der Waals surface area contributed by atoms with Crippen molar-refractivity contribution in [1.82, 2.24) is 14.9 Å². The Balaban J connectivity index is 1.59. The van der Waals surface area contributed by atoms with Crippen molar-refractivity contribution in [2.75, 3.05) is 13.2 Å². The van der Waals surface area contributed by atoms with Crippen molar-refractivity contribution in [3.63, 3.8) is 0 Å². The number of nitrogens with zero attached hydrogens (tertiary/aromatic N) is 3. The van der Waals surface area contributed by atoms with Crippen LogP contribution in [0.15, 0.2) is 54.9 Å². The van der Waals surface area contributed by atoms with E-state index in [4.69, 9.17) is 9.47 Å². The minimum atomic E-state index is -3.05. The molecule has 6 nitrogen and oxygen atoms in total. The molecule has 4 rings (SSSR count). The fourth-order valence-electron chi connectivity index (χ4n) is 3.56. The number of ether oxygens (including phenoxy) is 2. The van der Waals surface area contributed by atoms with E-state index < -0.39 is 11.8 Å². The van der Waals surface area contributed by atoms with Gasteiger partial charge in [-0.15, -0.1) is 0 Å². The molecule has 0 fully saturated rings. The van der Waals surface area contributed by atoms with E-state index in [1.54, 1.807) is 50.8 Å². The molecule has 1 unspecified atom stereocenters. The molecule has 0 N–H and O–H groups in total. The molecule has 2 aromatic carbocycles. The van der Waals surface area contributed by atoms with Gasteiger partial charge in [0.15, 0.2) is 0 Å². The molecule has 1 amide bonds. The number of hydrogen-bond acceptors (Lipinski definition) is 5. The lowest BCUT2D eigenvalue weighted by Gasteiger charge is -2.28. The molecule has 1 aliphatic heterocycles. The summed E-state index contributed by atoms with van der Waals surface area (Å²) in [6, 6.07) is 11.6. The predicted octanol–water partition coefficient (Wildman–Crippen LogP) is 5.41. The minimum absolute atomic E-state index is 0.136. The highest BCUT2D eigenvalue weighted by atomic mass is 31.0. The maximum Gasteiger partial charge on any atom is 0.415 e. The molecule has 33 heavy (non-hydrogen) atoms. The van der Waals surface area contributed by atoms with Gasteiger partial charge in [0, 0.05) is 42.0 Å². The van der Waals surface area contributed by atoms with Gasteiger partial charge in [-0.2, -0.15) is 8.78 Å². The summed E-state index contributed by atoms with van der Waals surface area (Å²) in [5, 5.41) is 0. The molecule has 0 saturated carbocycles. The number of carbonyl (C=O) groups is 1. The van der Waals surface area contributed by atoms with Crippen molar-refractivity contribution in [3.8, 4) is 22.6 Å². The van der Waals surface area contributed by atoms with Crippen LogP contribution in [-0.2, 0) is 18.6 Å². The van der Waals surface area contributed by atoms with E-state index in [0.29, 0.717) is 49.0 Å². The molecule has 0 aliphatic carbocycles. The summed E-state index contributed by atoms with van der Waals surface area (Å²) in [7, 11) is 1.55. The van der Waals surface area contributed by atoms with E-state index in [1.807, 2.05) is 13.0 Å². The number of hydrogen-bond donors (Lipinski definition) is 0. The van der Waals surface area contributed by atoms with Crippen LogP contribution in [-0.4, -0.2) is 34.1 Å². The maximum atomic E-state index is 13.8. The normalized spacial score (nSPS) is 13.5. The Hall–Kier alpha value is -3.12. The van der Waals surface area contributed by atoms with Gasteiger partial charge in [-0.1, -0.05) is 34.4 Å². The SMILES string of the molecule is CCCOc1cc(C(F)(F)P)ccc1-c1ccc2c(c1)CN(CCc1ncccn1)C(=O)O2. The second kappa shape index (κ2) is 9.79. The summed E-state index contributed by atoms with van der Waals surface area (Å²) < 4.78 is 39.0. The van der Waals surface area contributed by atoms with E-state index >= 15 is 0 Å². The van der Waals surface area contributed by atoms with Crippen LogP contribution in [0.5, 0.6) is 11.5 Å². The molecule has 0 saturated heterocycles. The van der Waals surface area contributed by atoms with Crippen molar-refractivity contribution < 1.29 is 23.0 Å². The Labute approximate surface area is 193 Å².